The van der Waals surface area contributed by atoms with Gasteiger partial charge in [-0.3, -0.25) is 0 Å². The van der Waals surface area contributed by atoms with Crippen LogP contribution in [0.15, 0.2) is 24.3 Å². The average molecular weight is 469 g/mol. The first kappa shape index (κ1) is 26.5. The fourth-order valence-corrected chi connectivity index (χ4v) is 2.57. The van der Waals surface area contributed by atoms with Crippen LogP contribution >= 0.6 is 0 Å². The van der Waals surface area contributed by atoms with Gasteiger partial charge in [0.25, 0.3) is 0 Å². The van der Waals surface area contributed by atoms with Crippen LogP contribution in [-0.4, -0.2) is 43.2 Å². The Labute approximate surface area is 179 Å². The van der Waals surface area contributed by atoms with E-state index in [1.165, 1.54) is 12.1 Å². The molecule has 31 heavy (non-hydrogen) atoms. The van der Waals surface area contributed by atoms with E-state index in [-0.39, 0.29) is 6.42 Å². The molecule has 1 aromatic carbocycles. The van der Waals surface area contributed by atoms with Gasteiger partial charge in [0.05, 0.1) is 0 Å². The van der Waals surface area contributed by atoms with Gasteiger partial charge in [0, 0.05) is 6.42 Å². The van der Waals surface area contributed by atoms with Gasteiger partial charge in [0.15, 0.2) is 0 Å². The zero-order valence-corrected chi connectivity index (χ0v) is 18.8. The molecule has 0 unspecified atom stereocenters. The fourth-order valence-electron chi connectivity index (χ4n) is 2.11. The number of benzene rings is 1. The van der Waals surface area contributed by atoms with E-state index < -0.39 is 50.7 Å². The van der Waals surface area contributed by atoms with Crippen LogP contribution < -0.4 is 9.50 Å². The summed E-state index contributed by atoms with van der Waals surface area (Å²) < 4.78 is 73.9. The molecular formula is C19H26F3NO7S. The highest BCUT2D eigenvalue weighted by Gasteiger charge is 2.48. The Bertz CT molecular complexity index is 883. The van der Waals surface area contributed by atoms with Crippen LogP contribution in [0, 0.1) is 0 Å². The highest BCUT2D eigenvalue weighted by atomic mass is 32.2. The van der Waals surface area contributed by atoms with Gasteiger partial charge in [0.1, 0.15) is 23.0 Å². The van der Waals surface area contributed by atoms with E-state index >= 15 is 0 Å². The van der Waals surface area contributed by atoms with Crippen molar-refractivity contribution in [3.05, 3.63) is 29.8 Å². The Morgan fingerprint density at radius 3 is 1.84 bits per heavy atom. The quantitative estimate of drug-likeness (QED) is 0.385. The summed E-state index contributed by atoms with van der Waals surface area (Å²) in [5.74, 6) is -1.31. The number of rotatable bonds is 6. The Balaban J connectivity index is 3.00. The third kappa shape index (κ3) is 9.45. The lowest BCUT2D eigenvalue weighted by atomic mass is 10.1. The third-order valence-corrected chi connectivity index (χ3v) is 4.21. The molecule has 1 amide bonds. The molecule has 1 rings (SSSR count). The second kappa shape index (κ2) is 9.33. The molecule has 0 aliphatic rings. The van der Waals surface area contributed by atoms with Crippen molar-refractivity contribution in [3.63, 3.8) is 0 Å². The zero-order valence-electron chi connectivity index (χ0n) is 18.0. The normalized spacial score (nSPS) is 13.8. The molecule has 1 N–H and O–H groups in total. The number of hydrogen-bond acceptors (Lipinski definition) is 7. The van der Waals surface area contributed by atoms with Gasteiger partial charge in [-0.1, -0.05) is 12.1 Å². The minimum absolute atomic E-state index is 0.0968. The highest BCUT2D eigenvalue weighted by molar-refractivity contribution is 7.88. The van der Waals surface area contributed by atoms with E-state index in [2.05, 4.69) is 9.50 Å². The van der Waals surface area contributed by atoms with Gasteiger partial charge in [-0.2, -0.15) is 21.6 Å². The number of esters is 1. The molecule has 0 bridgehead atoms. The van der Waals surface area contributed by atoms with Crippen LogP contribution in [-0.2, 0) is 30.8 Å². The van der Waals surface area contributed by atoms with Gasteiger partial charge < -0.3 is 19.0 Å². The monoisotopic (exact) mass is 469 g/mol. The van der Waals surface area contributed by atoms with E-state index in [9.17, 15) is 31.2 Å². The molecule has 0 heterocycles. The minimum Gasteiger partial charge on any atom is -0.458 e. The van der Waals surface area contributed by atoms with Crippen molar-refractivity contribution in [1.82, 2.24) is 5.32 Å². The molecule has 12 heteroatoms. The average Bonchev–Trinajstić information content (AvgIpc) is 2.51. The first-order valence-corrected chi connectivity index (χ1v) is 10.5. The van der Waals surface area contributed by atoms with E-state index in [0.717, 1.165) is 12.1 Å². The summed E-state index contributed by atoms with van der Waals surface area (Å²) in [4.78, 5) is 24.6. The maximum atomic E-state index is 12.5. The lowest BCUT2D eigenvalue weighted by molar-refractivity contribution is -0.157. The van der Waals surface area contributed by atoms with E-state index in [1.807, 2.05) is 0 Å². The Morgan fingerprint density at radius 2 is 1.42 bits per heavy atom. The third-order valence-electron chi connectivity index (χ3n) is 3.23. The summed E-state index contributed by atoms with van der Waals surface area (Å²) in [6, 6.07) is 3.35. The molecule has 0 aromatic heterocycles. The van der Waals surface area contributed by atoms with Crippen molar-refractivity contribution in [2.45, 2.75) is 70.7 Å². The number of ether oxygens (including phenoxy) is 2. The molecular weight excluding hydrogens is 443 g/mol. The minimum atomic E-state index is -5.80. The van der Waals surface area contributed by atoms with Gasteiger partial charge in [-0.25, -0.2) is 9.59 Å². The lowest BCUT2D eigenvalue weighted by Crippen LogP contribution is -2.47. The summed E-state index contributed by atoms with van der Waals surface area (Å²) in [7, 11) is -5.80. The number of amides is 1. The summed E-state index contributed by atoms with van der Waals surface area (Å²) >= 11 is 0. The molecule has 0 spiro atoms. The number of carbonyl (C=O) groups excluding carboxylic acids is 2. The number of halogens is 3. The van der Waals surface area contributed by atoms with Crippen molar-refractivity contribution in [2.24, 2.45) is 0 Å². The molecule has 176 valence electrons. The first-order valence-electron chi connectivity index (χ1n) is 9.11. The second-order valence-electron chi connectivity index (χ2n) is 8.56. The molecule has 0 aliphatic heterocycles. The molecule has 0 fully saturated rings. The Morgan fingerprint density at radius 1 is 0.935 bits per heavy atom. The van der Waals surface area contributed by atoms with Gasteiger partial charge >= 0.3 is 27.7 Å². The molecule has 0 saturated heterocycles. The Hall–Kier alpha value is -2.50. The summed E-state index contributed by atoms with van der Waals surface area (Å²) in [5, 5.41) is 2.41. The van der Waals surface area contributed by atoms with Crippen molar-refractivity contribution >= 4 is 22.2 Å². The first-order chi connectivity index (χ1) is 13.8. The summed E-state index contributed by atoms with van der Waals surface area (Å²) in [6.45, 7) is 9.85. The van der Waals surface area contributed by atoms with E-state index in [0.29, 0.717) is 5.56 Å². The zero-order chi connectivity index (χ0) is 24.3. The number of nitrogens with one attached hydrogen (secondary N) is 1. The maximum Gasteiger partial charge on any atom is 0.534 e. The van der Waals surface area contributed by atoms with Gasteiger partial charge in [-0.05, 0) is 59.2 Å². The largest absolute Gasteiger partial charge is 0.534 e. The smallest absolute Gasteiger partial charge is 0.458 e. The molecule has 0 radical (unpaired) electrons. The topological polar surface area (TPSA) is 108 Å². The van der Waals surface area contributed by atoms with Crippen molar-refractivity contribution in [2.75, 3.05) is 0 Å². The van der Waals surface area contributed by atoms with Crippen LogP contribution in [0.5, 0.6) is 5.75 Å². The van der Waals surface area contributed by atoms with Crippen LogP contribution in [0.1, 0.15) is 47.1 Å². The number of hydrogen-bond donors (Lipinski definition) is 1. The summed E-state index contributed by atoms with van der Waals surface area (Å²) in [6.07, 6.45) is -0.958. The molecule has 1 aromatic rings. The predicted octanol–water partition coefficient (Wildman–Crippen LogP) is 3.69. The van der Waals surface area contributed by atoms with E-state index in [4.69, 9.17) is 9.47 Å². The van der Waals surface area contributed by atoms with Crippen LogP contribution in [0.4, 0.5) is 18.0 Å². The maximum absolute atomic E-state index is 12.5. The second-order valence-corrected chi connectivity index (χ2v) is 10.1. The van der Waals surface area contributed by atoms with Crippen molar-refractivity contribution < 1.29 is 44.8 Å². The van der Waals surface area contributed by atoms with Crippen LogP contribution in [0.25, 0.3) is 0 Å². The van der Waals surface area contributed by atoms with Crippen molar-refractivity contribution in [3.8, 4) is 5.75 Å². The Kier molecular flexibility index (Phi) is 7.98. The molecule has 1 atom stereocenters. The highest BCUT2D eigenvalue weighted by Crippen LogP contribution is 2.27. The van der Waals surface area contributed by atoms with Crippen molar-refractivity contribution in [1.29, 1.82) is 0 Å². The SMILES string of the molecule is CC(C)(C)OC(=O)N[C@@H](Cc1ccc(OS(=O)(=O)C(F)(F)F)cc1)C(=O)OC(C)(C)C. The van der Waals surface area contributed by atoms with Gasteiger partial charge in [-0.15, -0.1) is 0 Å². The van der Waals surface area contributed by atoms with Gasteiger partial charge in [0.2, 0.25) is 0 Å². The lowest BCUT2D eigenvalue weighted by Gasteiger charge is -2.26. The number of carbonyl (C=O) groups is 2. The summed E-state index contributed by atoms with van der Waals surface area (Å²) in [5.41, 5.74) is -6.83. The van der Waals surface area contributed by atoms with E-state index in [1.54, 1.807) is 41.5 Å². The molecule has 8 nitrogen and oxygen atoms in total. The molecule has 0 aliphatic carbocycles. The predicted molar refractivity (Wildman–Crippen MR) is 105 cm³/mol. The molecule has 0 saturated carbocycles. The van der Waals surface area contributed by atoms with Crippen LogP contribution in [0.2, 0.25) is 0 Å². The number of alkyl carbamates (subject to hydrolysis) is 1. The fraction of sp³-hybridized carbons (Fsp3) is 0.579. The standard InChI is InChI=1S/C19H26F3NO7S/c1-17(2,3)28-15(24)14(23-16(25)29-18(4,5)6)11-12-7-9-13(10-8-12)30-31(26,27)19(20,21)22/h7-10,14H,11H2,1-6H3,(H,23,25)/t14-/m0/s1. The van der Waals surface area contributed by atoms with Crippen LogP contribution in [0.3, 0.4) is 0 Å². The number of alkyl halides is 3.